The molecule has 0 radical (unpaired) electrons. The lowest BCUT2D eigenvalue weighted by Gasteiger charge is -2.14. The Morgan fingerprint density at radius 1 is 1.06 bits per heavy atom. The molecule has 0 aromatic heterocycles. The largest absolute Gasteiger partial charge is 0.483 e. The molecule has 8 nitrogen and oxygen atoms in total. The zero-order valence-electron chi connectivity index (χ0n) is 18.7. The van der Waals surface area contributed by atoms with Crippen LogP contribution in [0, 0.1) is 20.8 Å². The van der Waals surface area contributed by atoms with Crippen LogP contribution in [-0.4, -0.2) is 36.6 Å². The number of halogens is 1. The molecular weight excluding hydrogens is 476 g/mol. The van der Waals surface area contributed by atoms with Gasteiger partial charge in [-0.1, -0.05) is 33.6 Å². The van der Waals surface area contributed by atoms with E-state index < -0.39 is 11.8 Å². The lowest BCUT2D eigenvalue weighted by atomic mass is 10.1. The van der Waals surface area contributed by atoms with Gasteiger partial charge >= 0.3 is 11.8 Å². The second kappa shape index (κ2) is 11.4. The molecule has 0 unspecified atom stereocenters. The van der Waals surface area contributed by atoms with Crippen molar-refractivity contribution in [2.75, 3.05) is 11.9 Å². The minimum absolute atomic E-state index is 0.166. The monoisotopic (exact) mass is 502 g/mol. The number of carbonyl (C=O) groups is 3. The smallest absolute Gasteiger partial charge is 0.329 e. The van der Waals surface area contributed by atoms with Crippen LogP contribution in [0.1, 0.15) is 36.1 Å². The number of amides is 3. The number of aryl methyl sites for hydroxylation is 3. The van der Waals surface area contributed by atoms with Crippen molar-refractivity contribution >= 4 is 45.6 Å². The van der Waals surface area contributed by atoms with Crippen LogP contribution in [0.5, 0.6) is 5.75 Å². The van der Waals surface area contributed by atoms with Gasteiger partial charge in [-0.05, 0) is 63.9 Å². The van der Waals surface area contributed by atoms with Gasteiger partial charge in [0, 0.05) is 21.8 Å². The Kier molecular flexibility index (Phi) is 8.95. The second-order valence-corrected chi connectivity index (χ2v) is 8.54. The number of nitrogens with zero attached hydrogens (tertiary/aromatic N) is 1. The van der Waals surface area contributed by atoms with Crippen LogP contribution in [-0.2, 0) is 14.4 Å². The van der Waals surface area contributed by atoms with E-state index >= 15 is 0 Å². The van der Waals surface area contributed by atoms with Gasteiger partial charge in [-0.25, -0.2) is 5.43 Å². The van der Waals surface area contributed by atoms with Gasteiger partial charge < -0.3 is 15.4 Å². The number of anilines is 1. The number of nitrogens with one attached hydrogen (secondary N) is 3. The van der Waals surface area contributed by atoms with Gasteiger partial charge in [0.2, 0.25) is 0 Å². The fourth-order valence-electron chi connectivity index (χ4n) is 2.99. The maximum atomic E-state index is 12.4. The molecule has 0 atom stereocenters. The van der Waals surface area contributed by atoms with Gasteiger partial charge in [-0.3, -0.25) is 14.4 Å². The number of hydrazone groups is 1. The maximum absolute atomic E-state index is 12.4. The van der Waals surface area contributed by atoms with Gasteiger partial charge in [0.25, 0.3) is 5.91 Å². The highest BCUT2D eigenvalue weighted by Crippen LogP contribution is 2.23. The van der Waals surface area contributed by atoms with Crippen LogP contribution in [0.3, 0.4) is 0 Å². The molecule has 2 aromatic rings. The Bertz CT molecular complexity index is 1030. The van der Waals surface area contributed by atoms with Crippen LogP contribution >= 0.6 is 15.9 Å². The summed E-state index contributed by atoms with van der Waals surface area (Å²) in [4.78, 5) is 35.8. The molecule has 0 fully saturated rings. The number of benzene rings is 2. The molecule has 0 saturated heterocycles. The molecule has 0 aliphatic carbocycles. The Balaban J connectivity index is 2.03. The van der Waals surface area contributed by atoms with Gasteiger partial charge in [0.15, 0.2) is 6.61 Å². The first-order valence-corrected chi connectivity index (χ1v) is 10.8. The van der Waals surface area contributed by atoms with Crippen molar-refractivity contribution in [1.29, 1.82) is 0 Å². The third kappa shape index (κ3) is 7.49. The van der Waals surface area contributed by atoms with E-state index in [0.29, 0.717) is 11.3 Å². The zero-order chi connectivity index (χ0) is 23.8. The van der Waals surface area contributed by atoms with E-state index in [1.54, 1.807) is 32.0 Å². The summed E-state index contributed by atoms with van der Waals surface area (Å²) in [7, 11) is 0. The van der Waals surface area contributed by atoms with E-state index in [-0.39, 0.29) is 18.6 Å². The van der Waals surface area contributed by atoms with Gasteiger partial charge in [0.1, 0.15) is 5.75 Å². The molecular formula is C23H27BrN4O4. The molecule has 170 valence electrons. The number of hydrogen-bond donors (Lipinski definition) is 3. The second-order valence-electron chi connectivity index (χ2n) is 7.62. The molecule has 2 aromatic carbocycles. The van der Waals surface area contributed by atoms with Crippen molar-refractivity contribution in [3.63, 3.8) is 0 Å². The van der Waals surface area contributed by atoms with E-state index in [1.165, 1.54) is 6.21 Å². The minimum Gasteiger partial charge on any atom is -0.483 e. The van der Waals surface area contributed by atoms with Crippen molar-refractivity contribution in [3.8, 4) is 5.75 Å². The Morgan fingerprint density at radius 3 is 2.34 bits per heavy atom. The SMILES string of the molecule is Cc1cc(C)c(NC(=O)COc2ccc(Br)cc2/C=N\NC(=O)C(=O)NC(C)C)c(C)c1. The maximum Gasteiger partial charge on any atom is 0.329 e. The van der Waals surface area contributed by atoms with Crippen LogP contribution < -0.4 is 20.8 Å². The lowest BCUT2D eigenvalue weighted by Crippen LogP contribution is -2.41. The molecule has 0 aliphatic heterocycles. The molecule has 32 heavy (non-hydrogen) atoms. The first-order chi connectivity index (χ1) is 15.1. The van der Waals surface area contributed by atoms with E-state index in [0.717, 1.165) is 26.9 Å². The average molecular weight is 503 g/mol. The summed E-state index contributed by atoms with van der Waals surface area (Å²) >= 11 is 3.37. The lowest BCUT2D eigenvalue weighted by molar-refractivity contribution is -0.139. The van der Waals surface area contributed by atoms with Gasteiger partial charge in [0.05, 0.1) is 6.21 Å². The zero-order valence-corrected chi connectivity index (χ0v) is 20.3. The number of ether oxygens (including phenoxy) is 1. The van der Waals surface area contributed by atoms with Crippen molar-refractivity contribution in [2.45, 2.75) is 40.7 Å². The molecule has 0 spiro atoms. The quantitative estimate of drug-likeness (QED) is 0.306. The summed E-state index contributed by atoms with van der Waals surface area (Å²) in [6.07, 6.45) is 1.34. The normalized spacial score (nSPS) is 10.8. The van der Waals surface area contributed by atoms with Crippen LogP contribution in [0.25, 0.3) is 0 Å². The van der Waals surface area contributed by atoms with E-state index in [1.807, 2.05) is 32.9 Å². The van der Waals surface area contributed by atoms with Gasteiger partial charge in [-0.15, -0.1) is 0 Å². The number of carbonyl (C=O) groups excluding carboxylic acids is 3. The molecule has 0 heterocycles. The first-order valence-electron chi connectivity index (χ1n) is 10.0. The topological polar surface area (TPSA) is 109 Å². The predicted molar refractivity (Wildman–Crippen MR) is 128 cm³/mol. The number of rotatable bonds is 7. The Hall–Kier alpha value is -3.20. The number of hydrogen-bond acceptors (Lipinski definition) is 5. The molecule has 0 saturated carbocycles. The van der Waals surface area contributed by atoms with E-state index in [4.69, 9.17) is 4.74 Å². The summed E-state index contributed by atoms with van der Waals surface area (Å²) in [5.41, 5.74) is 6.53. The molecule has 3 N–H and O–H groups in total. The molecule has 0 bridgehead atoms. The minimum atomic E-state index is -0.879. The van der Waals surface area contributed by atoms with Crippen molar-refractivity contribution in [2.24, 2.45) is 5.10 Å². The predicted octanol–water partition coefficient (Wildman–Crippen LogP) is 3.37. The van der Waals surface area contributed by atoms with Crippen molar-refractivity contribution < 1.29 is 19.1 Å². The summed E-state index contributed by atoms with van der Waals surface area (Å²) in [5, 5.41) is 9.17. The highest BCUT2D eigenvalue weighted by atomic mass is 79.9. The molecule has 0 aliphatic rings. The third-order valence-corrected chi connectivity index (χ3v) is 4.76. The molecule has 9 heteroatoms. The highest BCUT2D eigenvalue weighted by molar-refractivity contribution is 9.10. The van der Waals surface area contributed by atoms with Crippen molar-refractivity contribution in [1.82, 2.24) is 10.7 Å². The highest BCUT2D eigenvalue weighted by Gasteiger charge is 2.14. The summed E-state index contributed by atoms with van der Waals surface area (Å²) < 4.78 is 6.43. The fraction of sp³-hybridized carbons (Fsp3) is 0.304. The van der Waals surface area contributed by atoms with Crippen molar-refractivity contribution in [3.05, 3.63) is 57.1 Å². The summed E-state index contributed by atoms with van der Waals surface area (Å²) in [5.74, 6) is -1.56. The summed E-state index contributed by atoms with van der Waals surface area (Å²) in [6, 6.07) is 8.99. The third-order valence-electron chi connectivity index (χ3n) is 4.27. The standard InChI is InChI=1S/C23H27BrN4O4/c1-13(2)26-22(30)23(31)28-25-11-17-10-18(24)6-7-19(17)32-12-20(29)27-21-15(4)8-14(3)9-16(21)5/h6-11,13H,12H2,1-5H3,(H,26,30)(H,27,29)(H,28,31)/b25-11-. The van der Waals surface area contributed by atoms with Gasteiger partial charge in [-0.2, -0.15) is 5.10 Å². The Morgan fingerprint density at radius 2 is 1.72 bits per heavy atom. The van der Waals surface area contributed by atoms with Crippen LogP contribution in [0.4, 0.5) is 5.69 Å². The first kappa shape index (κ1) is 25.1. The fourth-order valence-corrected chi connectivity index (χ4v) is 3.37. The van der Waals surface area contributed by atoms with E-state index in [9.17, 15) is 14.4 Å². The Labute approximate surface area is 195 Å². The van der Waals surface area contributed by atoms with Crippen LogP contribution in [0.15, 0.2) is 39.9 Å². The molecule has 3 amide bonds. The summed E-state index contributed by atoms with van der Waals surface area (Å²) in [6.45, 7) is 9.17. The molecule has 2 rings (SSSR count). The average Bonchev–Trinajstić information content (AvgIpc) is 2.69. The van der Waals surface area contributed by atoms with E-state index in [2.05, 4.69) is 37.1 Å². The van der Waals surface area contributed by atoms with Crippen LogP contribution in [0.2, 0.25) is 0 Å².